The van der Waals surface area contributed by atoms with E-state index in [2.05, 4.69) is 12.1 Å². The number of aldehydes is 1. The third-order valence-corrected chi connectivity index (χ3v) is 3.42. The number of carbonyl (C=O) groups excluding carboxylic acids is 1. The highest BCUT2D eigenvalue weighted by Gasteiger charge is 2.06. The number of halogens is 1. The van der Waals surface area contributed by atoms with E-state index in [-0.39, 0.29) is 0 Å². The topological polar surface area (TPSA) is 26.3 Å². The summed E-state index contributed by atoms with van der Waals surface area (Å²) in [6, 6.07) is 15.6. The fourth-order valence-electron chi connectivity index (χ4n) is 2.02. The number of carbonyl (C=O) groups is 1. The smallest absolute Gasteiger partial charge is 0.155 e. The van der Waals surface area contributed by atoms with Crippen molar-refractivity contribution in [2.45, 2.75) is 19.3 Å². The molecule has 0 aliphatic carbocycles. The number of benzene rings is 2. The summed E-state index contributed by atoms with van der Waals surface area (Å²) in [6.45, 7) is 0.591. The third-order valence-electron chi connectivity index (χ3n) is 3.09. The molecule has 0 aromatic heterocycles. The van der Waals surface area contributed by atoms with E-state index in [1.807, 2.05) is 18.2 Å². The van der Waals surface area contributed by atoms with Crippen LogP contribution in [-0.2, 0) is 6.42 Å². The van der Waals surface area contributed by atoms with Gasteiger partial charge in [-0.25, -0.2) is 0 Å². The summed E-state index contributed by atoms with van der Waals surface area (Å²) < 4.78 is 5.63. The van der Waals surface area contributed by atoms with Crippen LogP contribution in [0.15, 0.2) is 48.5 Å². The molecule has 0 heterocycles. The van der Waals surface area contributed by atoms with Crippen molar-refractivity contribution in [3.8, 4) is 5.75 Å². The molecule has 0 atom stereocenters. The first-order chi connectivity index (χ1) is 9.81. The Bertz CT molecular complexity index is 552. The van der Waals surface area contributed by atoms with Crippen molar-refractivity contribution in [2.75, 3.05) is 6.61 Å². The molecule has 0 bridgehead atoms. The Hall–Kier alpha value is -1.80. The van der Waals surface area contributed by atoms with Crippen LogP contribution in [0, 0.1) is 0 Å². The first kappa shape index (κ1) is 14.6. The molecule has 0 aliphatic heterocycles. The van der Waals surface area contributed by atoms with Gasteiger partial charge in [-0.2, -0.15) is 0 Å². The van der Waals surface area contributed by atoms with Gasteiger partial charge in [0.1, 0.15) is 5.75 Å². The molecule has 0 radical (unpaired) electrons. The van der Waals surface area contributed by atoms with Crippen LogP contribution in [0.5, 0.6) is 5.75 Å². The van der Waals surface area contributed by atoms with Crippen LogP contribution in [0.2, 0.25) is 5.02 Å². The van der Waals surface area contributed by atoms with Gasteiger partial charge in [0.05, 0.1) is 17.2 Å². The average Bonchev–Trinajstić information content (AvgIpc) is 2.48. The Labute approximate surface area is 124 Å². The zero-order valence-corrected chi connectivity index (χ0v) is 12.0. The number of unbranched alkanes of at least 4 members (excludes halogenated alkanes) is 1. The first-order valence-electron chi connectivity index (χ1n) is 6.71. The normalized spacial score (nSPS) is 10.2. The van der Waals surface area contributed by atoms with Gasteiger partial charge in [0.15, 0.2) is 6.29 Å². The van der Waals surface area contributed by atoms with Gasteiger partial charge in [-0.05, 0) is 37.0 Å². The van der Waals surface area contributed by atoms with Gasteiger partial charge in [-0.15, -0.1) is 0 Å². The molecule has 2 aromatic carbocycles. The molecule has 3 heteroatoms. The fourth-order valence-corrected chi connectivity index (χ4v) is 2.23. The van der Waals surface area contributed by atoms with Gasteiger partial charge < -0.3 is 4.74 Å². The molecule has 0 saturated carbocycles. The van der Waals surface area contributed by atoms with Crippen molar-refractivity contribution >= 4 is 17.9 Å². The SMILES string of the molecule is O=Cc1c(Cl)cccc1OCCCCc1ccccc1. The summed E-state index contributed by atoms with van der Waals surface area (Å²) in [6.07, 6.45) is 3.78. The van der Waals surface area contributed by atoms with Crippen LogP contribution < -0.4 is 4.74 Å². The molecule has 0 spiro atoms. The molecule has 0 N–H and O–H groups in total. The van der Waals surface area contributed by atoms with Crippen molar-refractivity contribution < 1.29 is 9.53 Å². The lowest BCUT2D eigenvalue weighted by atomic mass is 10.1. The Morgan fingerprint density at radius 1 is 1.00 bits per heavy atom. The predicted octanol–water partition coefficient (Wildman–Crippen LogP) is 4.55. The van der Waals surface area contributed by atoms with Crippen molar-refractivity contribution in [3.63, 3.8) is 0 Å². The van der Waals surface area contributed by atoms with Gasteiger partial charge in [0.25, 0.3) is 0 Å². The van der Waals surface area contributed by atoms with E-state index < -0.39 is 0 Å². The number of aryl methyl sites for hydroxylation is 1. The Morgan fingerprint density at radius 3 is 2.55 bits per heavy atom. The lowest BCUT2D eigenvalue weighted by Gasteiger charge is -2.09. The lowest BCUT2D eigenvalue weighted by molar-refractivity contribution is 0.111. The van der Waals surface area contributed by atoms with Crippen molar-refractivity contribution in [3.05, 3.63) is 64.7 Å². The van der Waals surface area contributed by atoms with Gasteiger partial charge in [0.2, 0.25) is 0 Å². The summed E-state index contributed by atoms with van der Waals surface area (Å²) in [5.74, 6) is 0.562. The summed E-state index contributed by atoms with van der Waals surface area (Å²) in [7, 11) is 0. The predicted molar refractivity (Wildman–Crippen MR) is 81.7 cm³/mol. The highest BCUT2D eigenvalue weighted by Crippen LogP contribution is 2.24. The van der Waals surface area contributed by atoms with Crippen LogP contribution in [0.3, 0.4) is 0 Å². The highest BCUT2D eigenvalue weighted by atomic mass is 35.5. The maximum Gasteiger partial charge on any atom is 0.155 e. The number of hydrogen-bond donors (Lipinski definition) is 0. The molecule has 0 fully saturated rings. The molecule has 0 amide bonds. The molecular weight excluding hydrogens is 272 g/mol. The van der Waals surface area contributed by atoms with E-state index in [1.54, 1.807) is 18.2 Å². The minimum atomic E-state index is 0.428. The molecule has 0 unspecified atom stereocenters. The zero-order chi connectivity index (χ0) is 14.2. The molecule has 0 saturated heterocycles. The van der Waals surface area contributed by atoms with Crippen molar-refractivity contribution in [1.82, 2.24) is 0 Å². The van der Waals surface area contributed by atoms with Gasteiger partial charge in [-0.3, -0.25) is 4.79 Å². The van der Waals surface area contributed by atoms with Crippen LogP contribution in [0.25, 0.3) is 0 Å². The first-order valence-corrected chi connectivity index (χ1v) is 7.09. The maximum absolute atomic E-state index is 11.0. The summed E-state index contributed by atoms with van der Waals surface area (Å²) in [5.41, 5.74) is 1.76. The Balaban J connectivity index is 1.76. The molecule has 2 rings (SSSR count). The van der Waals surface area contributed by atoms with Gasteiger partial charge in [-0.1, -0.05) is 48.0 Å². The van der Waals surface area contributed by atoms with E-state index >= 15 is 0 Å². The fraction of sp³-hybridized carbons (Fsp3) is 0.235. The third kappa shape index (κ3) is 4.10. The van der Waals surface area contributed by atoms with Gasteiger partial charge >= 0.3 is 0 Å². The maximum atomic E-state index is 11.0. The van der Waals surface area contributed by atoms with Gasteiger partial charge in [0, 0.05) is 0 Å². The minimum Gasteiger partial charge on any atom is -0.493 e. The molecule has 2 nitrogen and oxygen atoms in total. The molecule has 2 aromatic rings. The number of hydrogen-bond acceptors (Lipinski definition) is 2. The summed E-state index contributed by atoms with van der Waals surface area (Å²) in [4.78, 5) is 11.0. The summed E-state index contributed by atoms with van der Waals surface area (Å²) in [5, 5.41) is 0.432. The van der Waals surface area contributed by atoms with Crippen LogP contribution in [0.1, 0.15) is 28.8 Å². The zero-order valence-electron chi connectivity index (χ0n) is 11.2. The quantitative estimate of drug-likeness (QED) is 0.552. The van der Waals surface area contributed by atoms with E-state index in [1.165, 1.54) is 5.56 Å². The van der Waals surface area contributed by atoms with Crippen LogP contribution in [-0.4, -0.2) is 12.9 Å². The molecule has 20 heavy (non-hydrogen) atoms. The minimum absolute atomic E-state index is 0.428. The Kier molecular flexibility index (Phi) is 5.63. The second kappa shape index (κ2) is 7.71. The van der Waals surface area contributed by atoms with Crippen LogP contribution in [0.4, 0.5) is 0 Å². The van der Waals surface area contributed by atoms with E-state index in [0.717, 1.165) is 25.5 Å². The highest BCUT2D eigenvalue weighted by molar-refractivity contribution is 6.33. The Morgan fingerprint density at radius 2 is 1.80 bits per heavy atom. The summed E-state index contributed by atoms with van der Waals surface area (Å²) >= 11 is 5.94. The molecular formula is C17H17ClO2. The van der Waals surface area contributed by atoms with Crippen LogP contribution >= 0.6 is 11.6 Å². The second-order valence-electron chi connectivity index (χ2n) is 4.56. The standard InChI is InChI=1S/C17H17ClO2/c18-16-10-6-11-17(15(16)13-19)20-12-5-4-9-14-7-2-1-3-8-14/h1-3,6-8,10-11,13H,4-5,9,12H2. The van der Waals surface area contributed by atoms with E-state index in [4.69, 9.17) is 16.3 Å². The lowest BCUT2D eigenvalue weighted by Crippen LogP contribution is -2.01. The van der Waals surface area contributed by atoms with E-state index in [0.29, 0.717) is 22.9 Å². The second-order valence-corrected chi connectivity index (χ2v) is 4.97. The van der Waals surface area contributed by atoms with Crippen molar-refractivity contribution in [1.29, 1.82) is 0 Å². The largest absolute Gasteiger partial charge is 0.493 e. The molecule has 104 valence electrons. The molecule has 0 aliphatic rings. The number of ether oxygens (including phenoxy) is 1. The van der Waals surface area contributed by atoms with E-state index in [9.17, 15) is 4.79 Å². The van der Waals surface area contributed by atoms with Crippen molar-refractivity contribution in [2.24, 2.45) is 0 Å². The average molecular weight is 289 g/mol. The number of rotatable bonds is 7. The monoisotopic (exact) mass is 288 g/mol.